The van der Waals surface area contributed by atoms with E-state index in [4.69, 9.17) is 0 Å². The van der Waals surface area contributed by atoms with Gasteiger partial charge in [0.1, 0.15) is 6.33 Å². The number of hydrogen-bond acceptors (Lipinski definition) is 2. The molecule has 1 aromatic rings. The summed E-state index contributed by atoms with van der Waals surface area (Å²) in [7, 11) is 0. The summed E-state index contributed by atoms with van der Waals surface area (Å²) in [6.07, 6.45) is 17.1. The molecule has 0 amide bonds. The van der Waals surface area contributed by atoms with E-state index in [0.29, 0.717) is 0 Å². The lowest BCUT2D eigenvalue weighted by atomic mass is 10.2. The second kappa shape index (κ2) is 7.01. The summed E-state index contributed by atoms with van der Waals surface area (Å²) in [5, 5.41) is 0. The van der Waals surface area contributed by atoms with E-state index in [-0.39, 0.29) is 0 Å². The van der Waals surface area contributed by atoms with Gasteiger partial charge in [0.05, 0.1) is 0 Å². The Labute approximate surface area is 85.4 Å². The Morgan fingerprint density at radius 2 is 2.00 bits per heavy atom. The molecular weight excluding hydrogens is 172 g/mol. The molecule has 0 fully saturated rings. The van der Waals surface area contributed by atoms with Gasteiger partial charge in [-0.15, -0.1) is 0 Å². The zero-order chi connectivity index (χ0) is 10.1. The van der Waals surface area contributed by atoms with Crippen molar-refractivity contribution in [1.29, 1.82) is 0 Å². The first-order valence-corrected chi connectivity index (χ1v) is 5.01. The Balaban J connectivity index is 2.31. The zero-order valence-electron chi connectivity index (χ0n) is 8.56. The van der Waals surface area contributed by atoms with Crippen LogP contribution in [-0.2, 0) is 0 Å². The van der Waals surface area contributed by atoms with Crippen LogP contribution in [0.3, 0.4) is 0 Å². The van der Waals surface area contributed by atoms with Crippen molar-refractivity contribution < 1.29 is 0 Å². The van der Waals surface area contributed by atoms with Gasteiger partial charge in [-0.3, -0.25) is 0 Å². The van der Waals surface area contributed by atoms with Crippen molar-refractivity contribution in [2.75, 3.05) is 0 Å². The monoisotopic (exact) mass is 188 g/mol. The van der Waals surface area contributed by atoms with Gasteiger partial charge in [0.15, 0.2) is 0 Å². The molecule has 0 radical (unpaired) electrons. The van der Waals surface area contributed by atoms with Crippen LogP contribution in [0, 0.1) is 0 Å². The van der Waals surface area contributed by atoms with Gasteiger partial charge in [0.2, 0.25) is 0 Å². The van der Waals surface area contributed by atoms with Crippen LogP contribution < -0.4 is 0 Å². The van der Waals surface area contributed by atoms with Gasteiger partial charge in [0, 0.05) is 18.0 Å². The number of hydrogen-bond donors (Lipinski definition) is 0. The fraction of sp³-hybridized carbons (Fsp3) is 0.333. The smallest absolute Gasteiger partial charge is 0.115 e. The third kappa shape index (κ3) is 4.55. The predicted octanol–water partition coefficient (Wildman–Crippen LogP) is 3.24. The highest BCUT2D eigenvalue weighted by Crippen LogP contribution is 1.98. The van der Waals surface area contributed by atoms with Crippen LogP contribution in [0.2, 0.25) is 0 Å². The van der Waals surface area contributed by atoms with Gasteiger partial charge < -0.3 is 0 Å². The molecule has 1 heterocycles. The van der Waals surface area contributed by atoms with Crippen molar-refractivity contribution in [1.82, 2.24) is 9.97 Å². The first-order valence-electron chi connectivity index (χ1n) is 5.01. The molecule has 0 N–H and O–H groups in total. The van der Waals surface area contributed by atoms with E-state index in [9.17, 15) is 0 Å². The molecule has 0 aromatic carbocycles. The average molecular weight is 188 g/mol. The minimum atomic E-state index is 1.03. The largest absolute Gasteiger partial charge is 0.244 e. The number of aromatic nitrogens is 2. The van der Waals surface area contributed by atoms with Crippen LogP contribution in [0.1, 0.15) is 31.7 Å². The van der Waals surface area contributed by atoms with Crippen LogP contribution in [0.25, 0.3) is 6.08 Å². The predicted molar refractivity (Wildman–Crippen MR) is 59.7 cm³/mol. The molecule has 0 spiro atoms. The number of allylic oxidation sites excluding steroid dienone is 3. The van der Waals surface area contributed by atoms with Gasteiger partial charge in [-0.2, -0.15) is 0 Å². The number of nitrogens with zero attached hydrogens (tertiary/aromatic N) is 2. The highest BCUT2D eigenvalue weighted by Gasteiger charge is 1.81. The summed E-state index contributed by atoms with van der Waals surface area (Å²) in [5.41, 5.74) is 1.03. The lowest BCUT2D eigenvalue weighted by Gasteiger charge is -1.88. The maximum absolute atomic E-state index is 3.93. The molecule has 0 aliphatic heterocycles. The maximum atomic E-state index is 3.93. The fourth-order valence-corrected chi connectivity index (χ4v) is 1.06. The normalized spacial score (nSPS) is 11.5. The van der Waals surface area contributed by atoms with Gasteiger partial charge in [-0.1, -0.05) is 44.1 Å². The van der Waals surface area contributed by atoms with Crippen LogP contribution in [0.15, 0.2) is 36.9 Å². The highest BCUT2D eigenvalue weighted by molar-refractivity contribution is 5.48. The summed E-state index contributed by atoms with van der Waals surface area (Å²) in [5.74, 6) is 0. The summed E-state index contributed by atoms with van der Waals surface area (Å²) in [6.45, 7) is 2.20. The molecule has 0 atom stereocenters. The zero-order valence-corrected chi connectivity index (χ0v) is 8.56. The van der Waals surface area contributed by atoms with E-state index in [0.717, 1.165) is 12.0 Å². The van der Waals surface area contributed by atoms with Crippen molar-refractivity contribution in [2.24, 2.45) is 0 Å². The summed E-state index contributed by atoms with van der Waals surface area (Å²) >= 11 is 0. The van der Waals surface area contributed by atoms with Gasteiger partial charge in [0.25, 0.3) is 0 Å². The summed E-state index contributed by atoms with van der Waals surface area (Å²) < 4.78 is 0. The number of unbranched alkanes of at least 4 members (excludes halogenated alkanes) is 2. The molecule has 14 heavy (non-hydrogen) atoms. The Kier molecular flexibility index (Phi) is 5.33. The van der Waals surface area contributed by atoms with Crippen molar-refractivity contribution in [3.05, 3.63) is 42.5 Å². The van der Waals surface area contributed by atoms with Gasteiger partial charge in [-0.05, 0) is 6.42 Å². The first-order chi connectivity index (χ1) is 6.93. The Bertz CT molecular complexity index is 288. The molecule has 74 valence electrons. The van der Waals surface area contributed by atoms with E-state index in [1.54, 1.807) is 12.4 Å². The van der Waals surface area contributed by atoms with Gasteiger partial charge in [-0.25, -0.2) is 9.97 Å². The quantitative estimate of drug-likeness (QED) is 0.523. The molecule has 0 saturated heterocycles. The lowest BCUT2D eigenvalue weighted by Crippen LogP contribution is -1.77. The molecule has 0 aliphatic carbocycles. The first kappa shape index (κ1) is 10.6. The fourth-order valence-electron chi connectivity index (χ4n) is 1.06. The van der Waals surface area contributed by atoms with Crippen LogP contribution in [0.5, 0.6) is 0 Å². The van der Waals surface area contributed by atoms with Crippen LogP contribution in [-0.4, -0.2) is 9.97 Å². The Hall–Kier alpha value is -1.44. The van der Waals surface area contributed by atoms with Crippen molar-refractivity contribution in [3.63, 3.8) is 0 Å². The third-order valence-corrected chi connectivity index (χ3v) is 1.84. The highest BCUT2D eigenvalue weighted by atomic mass is 14.8. The van der Waals surface area contributed by atoms with E-state index >= 15 is 0 Å². The number of rotatable bonds is 5. The lowest BCUT2D eigenvalue weighted by molar-refractivity contribution is 0.815. The SMILES string of the molecule is CCCCC=CC=Cc1cncnc1. The topological polar surface area (TPSA) is 25.8 Å². The molecule has 0 saturated carbocycles. The van der Waals surface area contributed by atoms with E-state index < -0.39 is 0 Å². The molecule has 1 aromatic heterocycles. The molecule has 0 unspecified atom stereocenters. The second-order valence-electron chi connectivity index (χ2n) is 3.10. The standard InChI is InChI=1S/C12H16N2/c1-2-3-4-5-6-7-8-12-9-13-11-14-10-12/h5-11H,2-4H2,1H3. The molecule has 0 bridgehead atoms. The maximum Gasteiger partial charge on any atom is 0.115 e. The van der Waals surface area contributed by atoms with E-state index in [1.807, 2.05) is 12.2 Å². The van der Waals surface area contributed by atoms with E-state index in [1.165, 1.54) is 19.2 Å². The van der Waals surface area contributed by atoms with Crippen molar-refractivity contribution in [3.8, 4) is 0 Å². The minimum Gasteiger partial charge on any atom is -0.244 e. The Morgan fingerprint density at radius 1 is 1.21 bits per heavy atom. The molecular formula is C12H16N2. The molecule has 1 rings (SSSR count). The molecule has 0 aliphatic rings. The van der Waals surface area contributed by atoms with Crippen LogP contribution >= 0.6 is 0 Å². The van der Waals surface area contributed by atoms with Crippen molar-refractivity contribution in [2.45, 2.75) is 26.2 Å². The third-order valence-electron chi connectivity index (χ3n) is 1.84. The van der Waals surface area contributed by atoms with Crippen LogP contribution in [0.4, 0.5) is 0 Å². The average Bonchev–Trinajstić information content (AvgIpc) is 2.25. The molecule has 2 heteroatoms. The van der Waals surface area contributed by atoms with E-state index in [2.05, 4.69) is 29.0 Å². The summed E-state index contributed by atoms with van der Waals surface area (Å²) in [6, 6.07) is 0. The molecule has 2 nitrogen and oxygen atoms in total. The Morgan fingerprint density at radius 3 is 2.71 bits per heavy atom. The van der Waals surface area contributed by atoms with Crippen molar-refractivity contribution >= 4 is 6.08 Å². The minimum absolute atomic E-state index is 1.03. The van der Waals surface area contributed by atoms with Gasteiger partial charge >= 0.3 is 0 Å². The second-order valence-corrected chi connectivity index (χ2v) is 3.10. The summed E-state index contributed by atoms with van der Waals surface area (Å²) in [4.78, 5) is 7.85.